The zero-order valence-corrected chi connectivity index (χ0v) is 15.0. The van der Waals surface area contributed by atoms with Crippen LogP contribution in [-0.2, 0) is 10.0 Å². The van der Waals surface area contributed by atoms with Gasteiger partial charge in [0.15, 0.2) is 5.96 Å². The number of aliphatic imine (C=N–C) groups is 1. The Balaban J connectivity index is 0. The molecule has 0 bridgehead atoms. The molecule has 0 atom stereocenters. The maximum atomic E-state index is 11.5. The Kier molecular flexibility index (Phi) is 12.7. The van der Waals surface area contributed by atoms with E-state index < -0.39 is 10.0 Å². The summed E-state index contributed by atoms with van der Waals surface area (Å²) in [7, 11) is 0.215. The highest BCUT2D eigenvalue weighted by Crippen LogP contribution is 1.97. The normalized spacial score (nSPS) is 11.9. The van der Waals surface area contributed by atoms with Crippen molar-refractivity contribution in [3.05, 3.63) is 12.7 Å². The predicted octanol–water partition coefficient (Wildman–Crippen LogP) is 0.627. The van der Waals surface area contributed by atoms with Crippen LogP contribution in [0.15, 0.2) is 17.6 Å². The summed E-state index contributed by atoms with van der Waals surface area (Å²) < 4.78 is 24.4. The first-order valence-electron chi connectivity index (χ1n) is 5.97. The zero-order valence-electron chi connectivity index (χ0n) is 11.8. The van der Waals surface area contributed by atoms with E-state index in [1.54, 1.807) is 27.1 Å². The lowest BCUT2D eigenvalue weighted by Gasteiger charge is -2.16. The largest absolute Gasteiger partial charge is 0.356 e. The molecule has 6 nitrogen and oxygen atoms in total. The van der Waals surface area contributed by atoms with Gasteiger partial charge in [-0.1, -0.05) is 6.08 Å². The van der Waals surface area contributed by atoms with E-state index in [0.717, 1.165) is 6.42 Å². The van der Waals surface area contributed by atoms with E-state index in [-0.39, 0.29) is 29.7 Å². The van der Waals surface area contributed by atoms with E-state index in [4.69, 9.17) is 0 Å². The molecule has 0 aromatic carbocycles. The van der Waals surface area contributed by atoms with Gasteiger partial charge in [-0.2, -0.15) is 0 Å². The first-order valence-corrected chi connectivity index (χ1v) is 7.58. The van der Waals surface area contributed by atoms with Crippen LogP contribution in [0.5, 0.6) is 0 Å². The van der Waals surface area contributed by atoms with Gasteiger partial charge in [-0.25, -0.2) is 12.7 Å². The maximum Gasteiger partial charge on any atom is 0.213 e. The molecule has 0 aromatic heterocycles. The van der Waals surface area contributed by atoms with Crippen molar-refractivity contribution in [2.45, 2.75) is 13.3 Å². The van der Waals surface area contributed by atoms with Gasteiger partial charge in [0, 0.05) is 33.7 Å². The summed E-state index contributed by atoms with van der Waals surface area (Å²) >= 11 is 0. The zero-order chi connectivity index (χ0) is 14.0. The summed E-state index contributed by atoms with van der Waals surface area (Å²) in [6.45, 7) is 7.06. The second-order valence-corrected chi connectivity index (χ2v) is 6.11. The fourth-order valence-electron chi connectivity index (χ4n) is 1.26. The van der Waals surface area contributed by atoms with Gasteiger partial charge < -0.3 is 10.6 Å². The summed E-state index contributed by atoms with van der Waals surface area (Å²) in [5, 5.41) is 6.14. The van der Waals surface area contributed by atoms with Crippen molar-refractivity contribution in [3.8, 4) is 0 Å². The van der Waals surface area contributed by atoms with Crippen LogP contribution in [0.3, 0.4) is 0 Å². The average molecular weight is 404 g/mol. The van der Waals surface area contributed by atoms with E-state index >= 15 is 0 Å². The van der Waals surface area contributed by atoms with Crippen LogP contribution < -0.4 is 10.6 Å². The number of guanidine groups is 1. The SMILES string of the molecule is C=CCNC(=NC)NCCCN(C)S(=O)(=O)CC.I. The van der Waals surface area contributed by atoms with E-state index in [2.05, 4.69) is 22.2 Å². The number of sulfonamides is 1. The third-order valence-electron chi connectivity index (χ3n) is 2.42. The second kappa shape index (κ2) is 11.5. The molecule has 0 radical (unpaired) electrons. The molecule has 0 rings (SSSR count). The summed E-state index contributed by atoms with van der Waals surface area (Å²) in [5.41, 5.74) is 0. The third kappa shape index (κ3) is 9.22. The fourth-order valence-corrected chi connectivity index (χ4v) is 2.11. The molecule has 2 N–H and O–H groups in total. The van der Waals surface area contributed by atoms with Crippen LogP contribution in [0.1, 0.15) is 13.3 Å². The van der Waals surface area contributed by atoms with Gasteiger partial charge >= 0.3 is 0 Å². The number of nitrogens with one attached hydrogen (secondary N) is 2. The lowest BCUT2D eigenvalue weighted by molar-refractivity contribution is 0.461. The minimum absolute atomic E-state index is 0. The van der Waals surface area contributed by atoms with Crippen LogP contribution in [0, 0.1) is 0 Å². The molecule has 0 aliphatic carbocycles. The number of hydrogen-bond donors (Lipinski definition) is 2. The Morgan fingerprint density at radius 1 is 1.42 bits per heavy atom. The van der Waals surface area contributed by atoms with Crippen molar-refractivity contribution in [1.82, 2.24) is 14.9 Å². The van der Waals surface area contributed by atoms with Gasteiger partial charge in [0.05, 0.1) is 5.75 Å². The molecular formula is C11H25IN4O2S. The van der Waals surface area contributed by atoms with E-state index in [1.807, 2.05) is 0 Å². The molecule has 8 heteroatoms. The van der Waals surface area contributed by atoms with E-state index in [9.17, 15) is 8.42 Å². The predicted molar refractivity (Wildman–Crippen MR) is 91.7 cm³/mol. The lowest BCUT2D eigenvalue weighted by atomic mass is 10.4. The Labute approximate surface area is 133 Å². The molecule has 0 aliphatic rings. The smallest absolute Gasteiger partial charge is 0.213 e. The summed E-state index contributed by atoms with van der Waals surface area (Å²) in [6, 6.07) is 0. The van der Waals surface area contributed by atoms with Crippen LogP contribution in [0.4, 0.5) is 0 Å². The molecule has 0 amide bonds. The minimum Gasteiger partial charge on any atom is -0.356 e. The fraction of sp³-hybridized carbons (Fsp3) is 0.727. The minimum atomic E-state index is -3.07. The number of halogens is 1. The van der Waals surface area contributed by atoms with Crippen LogP contribution in [-0.4, -0.2) is 58.2 Å². The van der Waals surface area contributed by atoms with Crippen LogP contribution >= 0.6 is 24.0 Å². The highest BCUT2D eigenvalue weighted by atomic mass is 127. The maximum absolute atomic E-state index is 11.5. The van der Waals surface area contributed by atoms with Crippen LogP contribution in [0.2, 0.25) is 0 Å². The van der Waals surface area contributed by atoms with Crippen molar-refractivity contribution in [3.63, 3.8) is 0 Å². The third-order valence-corrected chi connectivity index (χ3v) is 4.28. The molecule has 0 unspecified atom stereocenters. The number of rotatable bonds is 8. The lowest BCUT2D eigenvalue weighted by Crippen LogP contribution is -2.39. The number of hydrogen-bond acceptors (Lipinski definition) is 3. The van der Waals surface area contributed by atoms with Crippen molar-refractivity contribution in [1.29, 1.82) is 0 Å². The molecular weight excluding hydrogens is 379 g/mol. The van der Waals surface area contributed by atoms with Gasteiger partial charge in [-0.05, 0) is 13.3 Å². The molecule has 0 aliphatic heterocycles. The van der Waals surface area contributed by atoms with Crippen molar-refractivity contribution in [2.75, 3.05) is 39.5 Å². The number of nitrogens with zero attached hydrogens (tertiary/aromatic N) is 2. The molecule has 0 saturated heterocycles. The summed E-state index contributed by atoms with van der Waals surface area (Å²) in [6.07, 6.45) is 2.47. The summed E-state index contributed by atoms with van der Waals surface area (Å²) in [5.74, 6) is 0.829. The molecule has 0 fully saturated rings. The topological polar surface area (TPSA) is 73.8 Å². The molecule has 19 heavy (non-hydrogen) atoms. The van der Waals surface area contributed by atoms with Crippen molar-refractivity contribution >= 4 is 40.0 Å². The summed E-state index contributed by atoms with van der Waals surface area (Å²) in [4.78, 5) is 4.02. The van der Waals surface area contributed by atoms with Gasteiger partial charge in [0.2, 0.25) is 10.0 Å². The van der Waals surface area contributed by atoms with Crippen molar-refractivity contribution in [2.24, 2.45) is 4.99 Å². The van der Waals surface area contributed by atoms with Gasteiger partial charge in [0.25, 0.3) is 0 Å². The Morgan fingerprint density at radius 3 is 2.53 bits per heavy atom. The monoisotopic (exact) mass is 404 g/mol. The molecule has 0 spiro atoms. The van der Waals surface area contributed by atoms with E-state index in [0.29, 0.717) is 25.6 Å². The highest BCUT2D eigenvalue weighted by molar-refractivity contribution is 14.0. The van der Waals surface area contributed by atoms with Gasteiger partial charge in [0.1, 0.15) is 0 Å². The standard InChI is InChI=1S/C11H24N4O2S.HI/c1-5-8-13-11(12-3)14-9-7-10-15(4)18(16,17)6-2;/h5H,1,6-10H2,2-4H3,(H2,12,13,14);1H. The second-order valence-electron chi connectivity index (χ2n) is 3.74. The Hall–Kier alpha value is -0.350. The van der Waals surface area contributed by atoms with Gasteiger partial charge in [-0.3, -0.25) is 4.99 Å². The molecule has 114 valence electrons. The Morgan fingerprint density at radius 2 is 2.05 bits per heavy atom. The van der Waals surface area contributed by atoms with Crippen molar-refractivity contribution < 1.29 is 8.42 Å². The van der Waals surface area contributed by atoms with Crippen LogP contribution in [0.25, 0.3) is 0 Å². The molecule has 0 aromatic rings. The average Bonchev–Trinajstić information content (AvgIpc) is 2.37. The first-order chi connectivity index (χ1) is 8.47. The highest BCUT2D eigenvalue weighted by Gasteiger charge is 2.13. The van der Waals surface area contributed by atoms with Gasteiger partial charge in [-0.15, -0.1) is 30.6 Å². The molecule has 0 saturated carbocycles. The molecule has 0 heterocycles. The first kappa shape index (κ1) is 21.0. The van der Waals surface area contributed by atoms with E-state index in [1.165, 1.54) is 4.31 Å². The Bertz CT molecular complexity index is 371. The quantitative estimate of drug-likeness (QED) is 0.205.